The Kier molecular flexibility index (Phi) is 3.61. The maximum absolute atomic E-state index is 6.09. The second kappa shape index (κ2) is 5.26. The van der Waals surface area contributed by atoms with Crippen LogP contribution in [0.1, 0.15) is 20.8 Å². The van der Waals surface area contributed by atoms with Gasteiger partial charge in [-0.2, -0.15) is 0 Å². The molecule has 1 aromatic carbocycles. The summed E-state index contributed by atoms with van der Waals surface area (Å²) in [4.78, 5) is 2.45. The summed E-state index contributed by atoms with van der Waals surface area (Å²) in [5, 5.41) is 3.45. The molecule has 4 heteroatoms. The van der Waals surface area contributed by atoms with E-state index >= 15 is 0 Å². The molecule has 2 atom stereocenters. The number of hydrogen-bond acceptors (Lipinski definition) is 4. The van der Waals surface area contributed by atoms with Gasteiger partial charge < -0.3 is 14.8 Å². The third-order valence-corrected chi connectivity index (χ3v) is 3.80. The SMILES string of the molecule is CC1CN(CC2CNc3ccccc3O2)CC(C)(C)O1. The summed E-state index contributed by atoms with van der Waals surface area (Å²) in [6.07, 6.45) is 0.480. The normalized spacial score (nSPS) is 29.1. The van der Waals surface area contributed by atoms with Gasteiger partial charge in [-0.25, -0.2) is 0 Å². The van der Waals surface area contributed by atoms with Crippen LogP contribution in [0, 0.1) is 0 Å². The van der Waals surface area contributed by atoms with Crippen molar-refractivity contribution in [3.63, 3.8) is 0 Å². The topological polar surface area (TPSA) is 33.7 Å². The number of fused-ring (bicyclic) bond motifs is 1. The van der Waals surface area contributed by atoms with Gasteiger partial charge in [0.05, 0.1) is 23.9 Å². The van der Waals surface area contributed by atoms with Crippen LogP contribution in [-0.4, -0.2) is 48.9 Å². The number of anilines is 1. The molecule has 0 aromatic heterocycles. The Labute approximate surface area is 121 Å². The first-order chi connectivity index (χ1) is 9.52. The van der Waals surface area contributed by atoms with Crippen LogP contribution in [0.3, 0.4) is 0 Å². The first-order valence-corrected chi connectivity index (χ1v) is 7.41. The largest absolute Gasteiger partial charge is 0.485 e. The average Bonchev–Trinajstić information content (AvgIpc) is 2.36. The van der Waals surface area contributed by atoms with Crippen molar-refractivity contribution in [1.82, 2.24) is 4.90 Å². The van der Waals surface area contributed by atoms with E-state index in [0.717, 1.165) is 37.6 Å². The molecule has 3 rings (SSSR count). The molecule has 110 valence electrons. The van der Waals surface area contributed by atoms with E-state index in [0.29, 0.717) is 0 Å². The van der Waals surface area contributed by atoms with E-state index in [2.05, 4.69) is 37.1 Å². The fourth-order valence-corrected chi connectivity index (χ4v) is 3.28. The van der Waals surface area contributed by atoms with E-state index in [9.17, 15) is 0 Å². The zero-order valence-corrected chi connectivity index (χ0v) is 12.6. The molecular formula is C16H24N2O2. The number of ether oxygens (including phenoxy) is 2. The highest BCUT2D eigenvalue weighted by Crippen LogP contribution is 2.29. The monoisotopic (exact) mass is 276 g/mol. The summed E-state index contributed by atoms with van der Waals surface area (Å²) in [5.74, 6) is 0.962. The molecule has 0 saturated carbocycles. The van der Waals surface area contributed by atoms with Crippen LogP contribution in [0.25, 0.3) is 0 Å². The third kappa shape index (κ3) is 3.07. The Morgan fingerprint density at radius 2 is 2.15 bits per heavy atom. The lowest BCUT2D eigenvalue weighted by Gasteiger charge is -2.43. The van der Waals surface area contributed by atoms with Crippen LogP contribution < -0.4 is 10.1 Å². The van der Waals surface area contributed by atoms with Crippen LogP contribution in [0.15, 0.2) is 24.3 Å². The lowest BCUT2D eigenvalue weighted by Crippen LogP contribution is -2.55. The molecule has 1 fully saturated rings. The fraction of sp³-hybridized carbons (Fsp3) is 0.625. The summed E-state index contributed by atoms with van der Waals surface area (Å²) in [6, 6.07) is 8.14. The lowest BCUT2D eigenvalue weighted by atomic mass is 10.0. The number of morpholine rings is 1. The molecule has 1 aromatic rings. The maximum atomic E-state index is 6.09. The molecule has 2 unspecified atom stereocenters. The van der Waals surface area contributed by atoms with E-state index in [1.165, 1.54) is 0 Å². The van der Waals surface area contributed by atoms with Gasteiger partial charge in [0.1, 0.15) is 11.9 Å². The van der Waals surface area contributed by atoms with Crippen LogP contribution in [0.2, 0.25) is 0 Å². The van der Waals surface area contributed by atoms with Crippen molar-refractivity contribution in [1.29, 1.82) is 0 Å². The van der Waals surface area contributed by atoms with Gasteiger partial charge in [-0.05, 0) is 32.9 Å². The standard InChI is InChI=1S/C16H24N2O2/c1-12-9-18(11-16(2,3)20-12)10-13-8-17-14-6-4-5-7-15(14)19-13/h4-7,12-13,17H,8-11H2,1-3H3. The van der Waals surface area contributed by atoms with E-state index in [4.69, 9.17) is 9.47 Å². The number of nitrogens with zero attached hydrogens (tertiary/aromatic N) is 1. The predicted molar refractivity (Wildman–Crippen MR) is 80.4 cm³/mol. The van der Waals surface area contributed by atoms with Gasteiger partial charge in [-0.3, -0.25) is 4.90 Å². The quantitative estimate of drug-likeness (QED) is 0.899. The van der Waals surface area contributed by atoms with Gasteiger partial charge in [-0.1, -0.05) is 12.1 Å². The van der Waals surface area contributed by atoms with Crippen LogP contribution >= 0.6 is 0 Å². The summed E-state index contributed by atoms with van der Waals surface area (Å²) < 4.78 is 12.0. The first kappa shape index (κ1) is 13.7. The Morgan fingerprint density at radius 3 is 2.95 bits per heavy atom. The third-order valence-electron chi connectivity index (χ3n) is 3.80. The number of para-hydroxylation sites is 2. The Morgan fingerprint density at radius 1 is 1.35 bits per heavy atom. The number of rotatable bonds is 2. The molecule has 4 nitrogen and oxygen atoms in total. The maximum Gasteiger partial charge on any atom is 0.142 e. The van der Waals surface area contributed by atoms with Crippen molar-refractivity contribution < 1.29 is 9.47 Å². The summed E-state index contributed by atoms with van der Waals surface area (Å²) in [7, 11) is 0. The van der Waals surface area contributed by atoms with E-state index in [-0.39, 0.29) is 17.8 Å². The summed E-state index contributed by atoms with van der Waals surface area (Å²) in [6.45, 7) is 10.2. The van der Waals surface area contributed by atoms with Crippen molar-refractivity contribution in [3.8, 4) is 5.75 Å². The van der Waals surface area contributed by atoms with Crippen LogP contribution in [0.4, 0.5) is 5.69 Å². The van der Waals surface area contributed by atoms with Crippen molar-refractivity contribution >= 4 is 5.69 Å². The summed E-state index contributed by atoms with van der Waals surface area (Å²) in [5.41, 5.74) is 1.02. The molecule has 0 radical (unpaired) electrons. The van der Waals surface area contributed by atoms with Gasteiger partial charge in [0.15, 0.2) is 0 Å². The molecule has 0 spiro atoms. The molecule has 0 bridgehead atoms. The van der Waals surface area contributed by atoms with Gasteiger partial charge in [0.2, 0.25) is 0 Å². The molecule has 0 aliphatic carbocycles. The van der Waals surface area contributed by atoms with E-state index < -0.39 is 0 Å². The van der Waals surface area contributed by atoms with Crippen molar-refractivity contribution in [3.05, 3.63) is 24.3 Å². The second-order valence-electron chi connectivity index (χ2n) is 6.50. The van der Waals surface area contributed by atoms with E-state index in [1.807, 2.05) is 18.2 Å². The average molecular weight is 276 g/mol. The predicted octanol–water partition coefficient (Wildman–Crippen LogP) is 2.36. The van der Waals surface area contributed by atoms with Gasteiger partial charge in [0.25, 0.3) is 0 Å². The molecule has 0 amide bonds. The van der Waals surface area contributed by atoms with Crippen molar-refractivity contribution in [2.24, 2.45) is 0 Å². The highest BCUT2D eigenvalue weighted by Gasteiger charge is 2.33. The van der Waals surface area contributed by atoms with E-state index in [1.54, 1.807) is 0 Å². The molecule has 2 aliphatic heterocycles. The Balaban J connectivity index is 1.62. The number of hydrogen-bond donors (Lipinski definition) is 1. The lowest BCUT2D eigenvalue weighted by molar-refractivity contribution is -0.132. The molecule has 2 aliphatic rings. The highest BCUT2D eigenvalue weighted by molar-refractivity contribution is 5.57. The molecule has 20 heavy (non-hydrogen) atoms. The number of nitrogens with one attached hydrogen (secondary N) is 1. The minimum absolute atomic E-state index is 0.0718. The first-order valence-electron chi connectivity index (χ1n) is 7.41. The Hall–Kier alpha value is -1.26. The van der Waals surface area contributed by atoms with Crippen LogP contribution in [0.5, 0.6) is 5.75 Å². The minimum Gasteiger partial charge on any atom is -0.485 e. The van der Waals surface area contributed by atoms with Crippen molar-refractivity contribution in [2.45, 2.75) is 38.6 Å². The zero-order chi connectivity index (χ0) is 14.2. The fourth-order valence-electron chi connectivity index (χ4n) is 3.28. The molecule has 1 saturated heterocycles. The van der Waals surface area contributed by atoms with Crippen molar-refractivity contribution in [2.75, 3.05) is 31.5 Å². The summed E-state index contributed by atoms with van der Waals surface area (Å²) >= 11 is 0. The van der Waals surface area contributed by atoms with Gasteiger partial charge in [0, 0.05) is 19.6 Å². The van der Waals surface area contributed by atoms with Gasteiger partial charge in [-0.15, -0.1) is 0 Å². The molecule has 1 N–H and O–H groups in total. The smallest absolute Gasteiger partial charge is 0.142 e. The second-order valence-corrected chi connectivity index (χ2v) is 6.50. The van der Waals surface area contributed by atoms with Gasteiger partial charge >= 0.3 is 0 Å². The molecule has 2 heterocycles. The highest BCUT2D eigenvalue weighted by atomic mass is 16.5. The van der Waals surface area contributed by atoms with Crippen LogP contribution in [-0.2, 0) is 4.74 Å². The molecular weight excluding hydrogens is 252 g/mol. The zero-order valence-electron chi connectivity index (χ0n) is 12.6. The number of benzene rings is 1. The minimum atomic E-state index is -0.0718. The Bertz CT molecular complexity index is 475.